The monoisotopic (exact) mass is 513 g/mol. The normalized spacial score (nSPS) is 21.9. The van der Waals surface area contributed by atoms with Crippen LogP contribution in [0.3, 0.4) is 0 Å². The summed E-state index contributed by atoms with van der Waals surface area (Å²) in [5.74, 6) is 4.23. The number of ether oxygens (including phenoxy) is 3. The lowest BCUT2D eigenvalue weighted by Gasteiger charge is -2.37. The molecule has 0 aliphatic carbocycles. The van der Waals surface area contributed by atoms with Crippen LogP contribution in [0.2, 0.25) is 0 Å². The van der Waals surface area contributed by atoms with E-state index in [0.717, 1.165) is 63.8 Å². The zero-order valence-corrected chi connectivity index (χ0v) is 19.5. The lowest BCUT2D eigenvalue weighted by molar-refractivity contribution is -0.0817. The van der Waals surface area contributed by atoms with Crippen molar-refractivity contribution in [2.24, 2.45) is 4.99 Å². The van der Waals surface area contributed by atoms with E-state index in [2.05, 4.69) is 35.2 Å². The van der Waals surface area contributed by atoms with E-state index in [0.29, 0.717) is 13.2 Å². The van der Waals surface area contributed by atoms with Gasteiger partial charge in [0.05, 0.1) is 12.7 Å². The highest BCUT2D eigenvalue weighted by atomic mass is 127. The number of halogens is 1. The average Bonchev–Trinajstić information content (AvgIpc) is 3.28. The number of nitrogens with one attached hydrogen (secondary N) is 1. The van der Waals surface area contributed by atoms with Crippen molar-refractivity contribution in [2.75, 3.05) is 46.0 Å². The number of morpholine rings is 1. The number of hydrogen-bond acceptors (Lipinski definition) is 4. The summed E-state index contributed by atoms with van der Waals surface area (Å²) in [5.41, 5.74) is 1.23. The van der Waals surface area contributed by atoms with Gasteiger partial charge in [0.25, 0.3) is 0 Å². The Hall–Kier alpha value is -1.50. The average molecular weight is 513 g/mol. The number of terminal acetylenes is 1. The van der Waals surface area contributed by atoms with E-state index >= 15 is 0 Å². The number of hydrogen-bond donors (Lipinski definition) is 1. The Bertz CT molecular complexity index is 669. The van der Waals surface area contributed by atoms with Crippen LogP contribution in [0.15, 0.2) is 29.3 Å². The summed E-state index contributed by atoms with van der Waals surface area (Å²) in [7, 11) is 0. The van der Waals surface area contributed by atoms with E-state index in [1.54, 1.807) is 0 Å². The van der Waals surface area contributed by atoms with Gasteiger partial charge in [0.1, 0.15) is 18.5 Å². The second-order valence-electron chi connectivity index (χ2n) is 7.03. The van der Waals surface area contributed by atoms with Crippen LogP contribution in [-0.4, -0.2) is 69.1 Å². The fraction of sp³-hybridized carbons (Fsp3) is 0.591. The van der Waals surface area contributed by atoms with Crippen LogP contribution in [0.5, 0.6) is 5.75 Å². The predicted molar refractivity (Wildman–Crippen MR) is 126 cm³/mol. The lowest BCUT2D eigenvalue weighted by atomic mass is 10.1. The van der Waals surface area contributed by atoms with E-state index in [4.69, 9.17) is 25.6 Å². The van der Waals surface area contributed by atoms with Crippen LogP contribution < -0.4 is 10.1 Å². The lowest BCUT2D eigenvalue weighted by Crippen LogP contribution is -2.53. The molecule has 2 heterocycles. The van der Waals surface area contributed by atoms with Gasteiger partial charge in [-0.05, 0) is 43.9 Å². The van der Waals surface area contributed by atoms with Crippen molar-refractivity contribution in [3.05, 3.63) is 29.8 Å². The summed E-state index contributed by atoms with van der Waals surface area (Å²) < 4.78 is 17.2. The Balaban J connectivity index is 0.00000300. The zero-order chi connectivity index (χ0) is 19.6. The van der Waals surface area contributed by atoms with Crippen molar-refractivity contribution in [1.29, 1.82) is 0 Å². The highest BCUT2D eigenvalue weighted by Gasteiger charge is 2.32. The topological polar surface area (TPSA) is 55.3 Å². The fourth-order valence-corrected chi connectivity index (χ4v) is 3.58. The smallest absolute Gasteiger partial charge is 0.194 e. The van der Waals surface area contributed by atoms with Crippen molar-refractivity contribution in [2.45, 2.75) is 38.4 Å². The third-order valence-corrected chi connectivity index (χ3v) is 5.02. The van der Waals surface area contributed by atoms with Gasteiger partial charge in [0.2, 0.25) is 0 Å². The predicted octanol–water partition coefficient (Wildman–Crippen LogP) is 2.70. The van der Waals surface area contributed by atoms with Crippen molar-refractivity contribution < 1.29 is 14.2 Å². The van der Waals surface area contributed by atoms with Crippen molar-refractivity contribution in [1.82, 2.24) is 10.2 Å². The number of aliphatic imine (C=N–C) groups is 1. The van der Waals surface area contributed by atoms with E-state index < -0.39 is 0 Å². The van der Waals surface area contributed by atoms with Crippen LogP contribution in [-0.2, 0) is 15.9 Å². The van der Waals surface area contributed by atoms with Gasteiger partial charge in [-0.2, -0.15) is 0 Å². The Morgan fingerprint density at radius 3 is 2.76 bits per heavy atom. The Labute approximate surface area is 191 Å². The quantitative estimate of drug-likeness (QED) is 0.263. The van der Waals surface area contributed by atoms with Gasteiger partial charge in [-0.15, -0.1) is 30.4 Å². The first-order chi connectivity index (χ1) is 13.8. The van der Waals surface area contributed by atoms with Crippen LogP contribution in [0.25, 0.3) is 0 Å². The van der Waals surface area contributed by atoms with Crippen LogP contribution >= 0.6 is 24.0 Å². The molecule has 0 radical (unpaired) electrons. The Morgan fingerprint density at radius 1 is 1.28 bits per heavy atom. The molecule has 2 aliphatic rings. The summed E-state index contributed by atoms with van der Waals surface area (Å²) in [6.45, 7) is 7.23. The number of rotatable bonds is 7. The Morgan fingerprint density at radius 2 is 2.07 bits per heavy atom. The molecule has 1 N–H and O–H groups in total. The summed E-state index contributed by atoms with van der Waals surface area (Å²) >= 11 is 0. The molecule has 1 aromatic carbocycles. The molecule has 2 fully saturated rings. The van der Waals surface area contributed by atoms with Crippen molar-refractivity contribution in [3.63, 3.8) is 0 Å². The van der Waals surface area contributed by atoms with Gasteiger partial charge in [-0.3, -0.25) is 4.99 Å². The minimum atomic E-state index is 0. The van der Waals surface area contributed by atoms with Crippen molar-refractivity contribution >= 4 is 29.9 Å². The Kier molecular flexibility index (Phi) is 10.6. The molecule has 7 heteroatoms. The highest BCUT2D eigenvalue weighted by molar-refractivity contribution is 14.0. The molecule has 2 atom stereocenters. The molecule has 6 nitrogen and oxygen atoms in total. The summed E-state index contributed by atoms with van der Waals surface area (Å²) in [5, 5.41) is 3.42. The van der Waals surface area contributed by atoms with Crippen LogP contribution in [0.1, 0.15) is 25.3 Å². The molecule has 0 aromatic heterocycles. The maximum atomic E-state index is 5.96. The van der Waals surface area contributed by atoms with E-state index in [-0.39, 0.29) is 36.2 Å². The summed E-state index contributed by atoms with van der Waals surface area (Å²) in [6, 6.07) is 8.04. The number of benzene rings is 1. The van der Waals surface area contributed by atoms with Gasteiger partial charge in [0.15, 0.2) is 5.96 Å². The van der Waals surface area contributed by atoms with Crippen LogP contribution in [0, 0.1) is 12.3 Å². The molecule has 2 aliphatic heterocycles. The molecule has 1 aromatic rings. The maximum absolute atomic E-state index is 5.96. The third kappa shape index (κ3) is 7.36. The van der Waals surface area contributed by atoms with E-state index in [1.807, 2.05) is 12.1 Å². The molecule has 160 valence electrons. The minimum absolute atomic E-state index is 0. The van der Waals surface area contributed by atoms with Gasteiger partial charge >= 0.3 is 0 Å². The second kappa shape index (κ2) is 12.9. The van der Waals surface area contributed by atoms with Crippen molar-refractivity contribution in [3.8, 4) is 18.1 Å². The summed E-state index contributed by atoms with van der Waals surface area (Å²) in [4.78, 5) is 7.14. The molecule has 3 rings (SSSR count). The molecule has 29 heavy (non-hydrogen) atoms. The van der Waals surface area contributed by atoms with E-state index in [1.165, 1.54) is 5.56 Å². The molecule has 0 amide bonds. The first kappa shape index (κ1) is 23.8. The largest absolute Gasteiger partial charge is 0.481 e. The number of guanidine groups is 1. The molecule has 2 unspecified atom stereocenters. The second-order valence-corrected chi connectivity index (χ2v) is 7.03. The summed E-state index contributed by atoms with van der Waals surface area (Å²) in [6.07, 6.45) is 8.67. The standard InChI is InChI=1S/C22H31N3O3.HI/c1-3-14-26-19-9-7-18(8-10-19)11-12-24-22(23-4-2)25-13-16-28-21(17-25)20-6-5-15-27-20;/h1,7-10,20-21H,4-6,11-17H2,2H3,(H,23,24);1H. The highest BCUT2D eigenvalue weighted by Crippen LogP contribution is 2.21. The maximum Gasteiger partial charge on any atom is 0.194 e. The van der Waals surface area contributed by atoms with Gasteiger partial charge in [0, 0.05) is 32.8 Å². The first-order valence-corrected chi connectivity index (χ1v) is 10.2. The van der Waals surface area contributed by atoms with E-state index in [9.17, 15) is 0 Å². The number of nitrogens with zero attached hydrogens (tertiary/aromatic N) is 2. The minimum Gasteiger partial charge on any atom is -0.481 e. The van der Waals surface area contributed by atoms with Gasteiger partial charge in [-0.25, -0.2) is 0 Å². The zero-order valence-electron chi connectivity index (χ0n) is 17.1. The molecular weight excluding hydrogens is 481 g/mol. The van der Waals surface area contributed by atoms with Crippen LogP contribution in [0.4, 0.5) is 0 Å². The first-order valence-electron chi connectivity index (χ1n) is 10.2. The molecular formula is C22H32IN3O3. The third-order valence-electron chi connectivity index (χ3n) is 5.02. The van der Waals surface area contributed by atoms with Gasteiger partial charge < -0.3 is 24.4 Å². The molecule has 0 saturated carbocycles. The molecule has 2 saturated heterocycles. The fourth-order valence-electron chi connectivity index (χ4n) is 3.58. The SMILES string of the molecule is C#CCOc1ccc(CCN=C(NCC)N2CCOC(C3CCCO3)C2)cc1.I. The molecule has 0 spiro atoms. The molecule has 0 bridgehead atoms. The van der Waals surface area contributed by atoms with Gasteiger partial charge in [-0.1, -0.05) is 18.1 Å².